The van der Waals surface area contributed by atoms with E-state index in [4.69, 9.17) is 11.6 Å². The second-order valence-corrected chi connectivity index (χ2v) is 9.51. The Hall–Kier alpha value is -1.93. The molecule has 0 bridgehead atoms. The van der Waals surface area contributed by atoms with Gasteiger partial charge in [-0.05, 0) is 37.2 Å². The molecule has 3 rings (SSSR count). The van der Waals surface area contributed by atoms with Crippen molar-refractivity contribution in [1.29, 1.82) is 0 Å². The third-order valence-corrected chi connectivity index (χ3v) is 7.57. The Balaban J connectivity index is 1.83. The summed E-state index contributed by atoms with van der Waals surface area (Å²) in [5, 5.41) is 3.11. The van der Waals surface area contributed by atoms with E-state index in [1.54, 1.807) is 6.07 Å². The summed E-state index contributed by atoms with van der Waals surface area (Å²) in [5.74, 6) is -0.327. The molecule has 0 saturated carbocycles. The second-order valence-electron chi connectivity index (χ2n) is 7.20. The van der Waals surface area contributed by atoms with Gasteiger partial charge in [0, 0.05) is 31.7 Å². The molecule has 8 heteroatoms. The number of rotatable bonds is 6. The van der Waals surface area contributed by atoms with Gasteiger partial charge in [0.25, 0.3) is 5.91 Å². The van der Waals surface area contributed by atoms with Gasteiger partial charge in [-0.25, -0.2) is 8.42 Å². The number of sulfonamides is 1. The largest absolute Gasteiger partial charge is 0.345 e. The number of hydrogen-bond donors (Lipinski definition) is 1. The van der Waals surface area contributed by atoms with E-state index in [1.165, 1.54) is 16.4 Å². The quantitative estimate of drug-likeness (QED) is 0.756. The molecule has 1 fully saturated rings. The predicted molar refractivity (Wildman–Crippen MR) is 115 cm³/mol. The van der Waals surface area contributed by atoms with Gasteiger partial charge in [0.15, 0.2) is 0 Å². The minimum Gasteiger partial charge on any atom is -0.345 e. The molecule has 1 saturated heterocycles. The molecule has 1 heterocycles. The zero-order chi connectivity index (χ0) is 21.0. The SMILES string of the molecule is CC[C@H](NC(=O)c1ccc(Cl)c(S(=O)(=O)N2CCN(C)CC2)c1)c1ccccc1. The van der Waals surface area contributed by atoms with Crippen LogP contribution in [-0.4, -0.2) is 56.8 Å². The summed E-state index contributed by atoms with van der Waals surface area (Å²) in [4.78, 5) is 14.9. The average molecular weight is 436 g/mol. The number of hydrogen-bond acceptors (Lipinski definition) is 4. The van der Waals surface area contributed by atoms with Crippen molar-refractivity contribution in [2.75, 3.05) is 33.2 Å². The Morgan fingerprint density at radius 3 is 2.38 bits per heavy atom. The van der Waals surface area contributed by atoms with Gasteiger partial charge >= 0.3 is 0 Å². The van der Waals surface area contributed by atoms with Crippen LogP contribution in [0.25, 0.3) is 0 Å². The van der Waals surface area contributed by atoms with Crippen molar-refractivity contribution in [3.63, 3.8) is 0 Å². The lowest BCUT2D eigenvalue weighted by molar-refractivity contribution is 0.0935. The van der Waals surface area contributed by atoms with Crippen molar-refractivity contribution in [3.05, 3.63) is 64.7 Å². The van der Waals surface area contributed by atoms with Gasteiger partial charge in [-0.1, -0.05) is 48.9 Å². The highest BCUT2D eigenvalue weighted by molar-refractivity contribution is 7.89. The van der Waals surface area contributed by atoms with Crippen LogP contribution < -0.4 is 5.32 Å². The summed E-state index contributed by atoms with van der Waals surface area (Å²) in [6.45, 7) is 4.11. The minimum atomic E-state index is -3.76. The number of carbonyl (C=O) groups excluding carboxylic acids is 1. The van der Waals surface area contributed by atoms with E-state index >= 15 is 0 Å². The zero-order valence-corrected chi connectivity index (χ0v) is 18.2. The van der Waals surface area contributed by atoms with Crippen LogP contribution in [0.1, 0.15) is 35.3 Å². The molecule has 29 heavy (non-hydrogen) atoms. The molecule has 1 amide bonds. The minimum absolute atomic E-state index is 0.0240. The van der Waals surface area contributed by atoms with E-state index in [-0.39, 0.29) is 27.4 Å². The van der Waals surface area contributed by atoms with Crippen molar-refractivity contribution in [2.45, 2.75) is 24.3 Å². The molecule has 1 N–H and O–H groups in total. The number of benzene rings is 2. The number of carbonyl (C=O) groups is 1. The summed E-state index contributed by atoms with van der Waals surface area (Å²) >= 11 is 6.21. The van der Waals surface area contributed by atoms with Crippen LogP contribution in [0, 0.1) is 0 Å². The molecular formula is C21H26ClN3O3S. The molecular weight excluding hydrogens is 410 g/mol. The molecule has 1 aliphatic heterocycles. The summed E-state index contributed by atoms with van der Waals surface area (Å²) in [7, 11) is -1.81. The maximum absolute atomic E-state index is 13.1. The number of amides is 1. The van der Waals surface area contributed by atoms with Gasteiger partial charge in [-0.2, -0.15) is 4.31 Å². The Morgan fingerprint density at radius 1 is 1.10 bits per heavy atom. The molecule has 0 spiro atoms. The first kappa shape index (κ1) is 21.8. The molecule has 156 valence electrons. The highest BCUT2D eigenvalue weighted by atomic mass is 35.5. The number of nitrogens with one attached hydrogen (secondary N) is 1. The van der Waals surface area contributed by atoms with Crippen molar-refractivity contribution in [3.8, 4) is 0 Å². The molecule has 0 aliphatic carbocycles. The van der Waals surface area contributed by atoms with Gasteiger partial charge in [0.2, 0.25) is 10.0 Å². The third-order valence-electron chi connectivity index (χ3n) is 5.19. The molecule has 2 aromatic rings. The second kappa shape index (κ2) is 9.26. The Kier molecular flexibility index (Phi) is 6.95. The lowest BCUT2D eigenvalue weighted by Crippen LogP contribution is -2.47. The van der Waals surface area contributed by atoms with Crippen LogP contribution in [0.5, 0.6) is 0 Å². The summed E-state index contributed by atoms with van der Waals surface area (Å²) < 4.78 is 27.6. The van der Waals surface area contributed by atoms with Gasteiger partial charge in [-0.15, -0.1) is 0 Å². The topological polar surface area (TPSA) is 69.7 Å². The Morgan fingerprint density at radius 2 is 1.76 bits per heavy atom. The molecule has 0 unspecified atom stereocenters. The lowest BCUT2D eigenvalue weighted by Gasteiger charge is -2.31. The van der Waals surface area contributed by atoms with Crippen LogP contribution in [0.15, 0.2) is 53.4 Å². The number of halogens is 1. The fourth-order valence-electron chi connectivity index (χ4n) is 3.36. The standard InChI is InChI=1S/C21H26ClN3O3S/c1-3-19(16-7-5-4-6-8-16)23-21(26)17-9-10-18(22)20(15-17)29(27,28)25-13-11-24(2)12-14-25/h4-10,15,19H,3,11-14H2,1-2H3,(H,23,26)/t19-/m0/s1. The fourth-order valence-corrected chi connectivity index (χ4v) is 5.28. The zero-order valence-electron chi connectivity index (χ0n) is 16.6. The summed E-state index contributed by atoms with van der Waals surface area (Å²) in [6.07, 6.45) is 0.718. The monoisotopic (exact) mass is 435 g/mol. The smallest absolute Gasteiger partial charge is 0.251 e. The summed E-state index contributed by atoms with van der Waals surface area (Å²) in [6, 6.07) is 13.9. The van der Waals surface area contributed by atoms with Crippen molar-refractivity contribution >= 4 is 27.5 Å². The van der Waals surface area contributed by atoms with E-state index in [9.17, 15) is 13.2 Å². The molecule has 0 radical (unpaired) electrons. The summed E-state index contributed by atoms with van der Waals surface area (Å²) in [5.41, 5.74) is 1.28. The third kappa shape index (κ3) is 4.98. The highest BCUT2D eigenvalue weighted by Gasteiger charge is 2.30. The number of nitrogens with zero attached hydrogens (tertiary/aromatic N) is 2. The van der Waals surface area contributed by atoms with E-state index < -0.39 is 10.0 Å². The van der Waals surface area contributed by atoms with E-state index in [0.717, 1.165) is 12.0 Å². The Bertz CT molecular complexity index is 958. The lowest BCUT2D eigenvalue weighted by atomic mass is 10.0. The number of likely N-dealkylation sites (N-methyl/N-ethyl adjacent to an activating group) is 1. The first-order chi connectivity index (χ1) is 13.8. The van der Waals surface area contributed by atoms with E-state index in [2.05, 4.69) is 10.2 Å². The van der Waals surface area contributed by atoms with Gasteiger partial charge < -0.3 is 10.2 Å². The van der Waals surface area contributed by atoms with Crippen molar-refractivity contribution < 1.29 is 13.2 Å². The molecule has 0 aromatic heterocycles. The molecule has 6 nitrogen and oxygen atoms in total. The first-order valence-corrected chi connectivity index (χ1v) is 11.5. The van der Waals surface area contributed by atoms with Crippen LogP contribution in [0.4, 0.5) is 0 Å². The predicted octanol–water partition coefficient (Wildman–Crippen LogP) is 3.16. The van der Waals surface area contributed by atoms with Crippen LogP contribution in [0.2, 0.25) is 5.02 Å². The maximum atomic E-state index is 13.1. The Labute approximate surface area is 177 Å². The maximum Gasteiger partial charge on any atom is 0.251 e. The average Bonchev–Trinajstić information content (AvgIpc) is 2.73. The number of piperazine rings is 1. The highest BCUT2D eigenvalue weighted by Crippen LogP contribution is 2.27. The van der Waals surface area contributed by atoms with E-state index in [0.29, 0.717) is 26.2 Å². The first-order valence-electron chi connectivity index (χ1n) is 9.67. The fraction of sp³-hybridized carbons (Fsp3) is 0.381. The van der Waals surface area contributed by atoms with Crippen LogP contribution in [0.3, 0.4) is 0 Å². The van der Waals surface area contributed by atoms with E-state index in [1.807, 2.05) is 44.3 Å². The normalized spacial score (nSPS) is 17.1. The van der Waals surface area contributed by atoms with Crippen molar-refractivity contribution in [2.24, 2.45) is 0 Å². The van der Waals surface area contributed by atoms with Crippen molar-refractivity contribution in [1.82, 2.24) is 14.5 Å². The van der Waals surface area contributed by atoms with Gasteiger partial charge in [0.1, 0.15) is 4.90 Å². The van der Waals surface area contributed by atoms with Crippen LogP contribution >= 0.6 is 11.6 Å². The van der Waals surface area contributed by atoms with Gasteiger partial charge in [-0.3, -0.25) is 4.79 Å². The molecule has 1 aliphatic rings. The van der Waals surface area contributed by atoms with Gasteiger partial charge in [0.05, 0.1) is 11.1 Å². The molecule has 1 atom stereocenters. The molecule has 2 aromatic carbocycles. The van der Waals surface area contributed by atoms with Crippen LogP contribution in [-0.2, 0) is 10.0 Å².